The zero-order chi connectivity index (χ0) is 20.2. The first-order valence-electron chi connectivity index (χ1n) is 8.53. The second kappa shape index (κ2) is 6.03. The van der Waals surface area contributed by atoms with E-state index in [-0.39, 0.29) is 17.0 Å². The van der Waals surface area contributed by atoms with Crippen molar-refractivity contribution in [1.82, 2.24) is 29.8 Å². The molecule has 7 nitrogen and oxygen atoms in total. The monoisotopic (exact) mass is 395 g/mol. The fraction of sp³-hybridized carbons (Fsp3) is 0.0526. The third kappa shape index (κ3) is 2.68. The standard InChI is InChI=1S/C19H12F3N7/c20-19(21,22)13-7-11(6-12-8-25-28-15(12)13)14-16(10-4-2-1-3-5-10)27-18(23)29-17(14)24-9-26-29/h1-9H,(H2,23,27)(H,25,28). The van der Waals surface area contributed by atoms with E-state index < -0.39 is 11.7 Å². The van der Waals surface area contributed by atoms with Gasteiger partial charge in [-0.2, -0.15) is 27.9 Å². The lowest BCUT2D eigenvalue weighted by Crippen LogP contribution is -2.08. The number of aromatic nitrogens is 6. The summed E-state index contributed by atoms with van der Waals surface area (Å²) in [6.45, 7) is 0. The highest BCUT2D eigenvalue weighted by Gasteiger charge is 2.34. The quantitative estimate of drug-likeness (QED) is 0.472. The third-order valence-electron chi connectivity index (χ3n) is 4.64. The van der Waals surface area contributed by atoms with E-state index in [9.17, 15) is 13.2 Å². The number of nitrogens with two attached hydrogens (primary N) is 1. The minimum absolute atomic E-state index is 0.0802. The topological polar surface area (TPSA) is 97.8 Å². The molecule has 29 heavy (non-hydrogen) atoms. The van der Waals surface area contributed by atoms with Crippen molar-refractivity contribution in [3.8, 4) is 22.4 Å². The van der Waals surface area contributed by atoms with Crippen LogP contribution in [0.15, 0.2) is 55.0 Å². The van der Waals surface area contributed by atoms with Crippen molar-refractivity contribution < 1.29 is 13.2 Å². The smallest absolute Gasteiger partial charge is 0.368 e. The van der Waals surface area contributed by atoms with Gasteiger partial charge in [0.1, 0.15) is 6.33 Å². The van der Waals surface area contributed by atoms with Crippen molar-refractivity contribution in [1.29, 1.82) is 0 Å². The number of anilines is 1. The first-order chi connectivity index (χ1) is 13.9. The minimum Gasteiger partial charge on any atom is -0.368 e. The van der Waals surface area contributed by atoms with Crippen molar-refractivity contribution >= 4 is 22.5 Å². The summed E-state index contributed by atoms with van der Waals surface area (Å²) in [6.07, 6.45) is -1.94. The molecule has 0 radical (unpaired) electrons. The SMILES string of the molecule is Nc1nc(-c2ccccc2)c(-c2cc(C(F)(F)F)c3[nH]ncc3c2)c2ncnn12. The van der Waals surface area contributed by atoms with Gasteiger partial charge in [0.15, 0.2) is 5.65 Å². The Morgan fingerprint density at radius 2 is 1.83 bits per heavy atom. The molecule has 0 atom stereocenters. The van der Waals surface area contributed by atoms with Crippen LogP contribution in [0.5, 0.6) is 0 Å². The number of nitrogens with one attached hydrogen (secondary N) is 1. The second-order valence-electron chi connectivity index (χ2n) is 6.41. The molecule has 3 aromatic heterocycles. The molecule has 0 aliphatic rings. The molecule has 5 aromatic rings. The molecule has 2 aromatic carbocycles. The molecule has 0 spiro atoms. The molecule has 144 valence electrons. The number of fused-ring (bicyclic) bond motifs is 2. The van der Waals surface area contributed by atoms with Gasteiger partial charge >= 0.3 is 6.18 Å². The van der Waals surface area contributed by atoms with Crippen LogP contribution < -0.4 is 5.73 Å². The van der Waals surface area contributed by atoms with Gasteiger partial charge in [-0.05, 0) is 17.7 Å². The van der Waals surface area contributed by atoms with Gasteiger partial charge in [0.25, 0.3) is 0 Å². The van der Waals surface area contributed by atoms with Gasteiger partial charge in [-0.15, -0.1) is 0 Å². The van der Waals surface area contributed by atoms with Crippen LogP contribution in [-0.2, 0) is 6.18 Å². The summed E-state index contributed by atoms with van der Waals surface area (Å²) in [7, 11) is 0. The molecular weight excluding hydrogens is 383 g/mol. The predicted octanol–water partition coefficient (Wildman–Crippen LogP) is 3.94. The minimum atomic E-state index is -4.57. The Labute approximate surface area is 161 Å². The number of halogens is 3. The van der Waals surface area contributed by atoms with Crippen LogP contribution in [0.4, 0.5) is 19.1 Å². The maximum Gasteiger partial charge on any atom is 0.418 e. The van der Waals surface area contributed by atoms with E-state index in [1.54, 1.807) is 18.2 Å². The van der Waals surface area contributed by atoms with Gasteiger partial charge in [0.2, 0.25) is 5.95 Å². The van der Waals surface area contributed by atoms with Crippen LogP contribution in [0.3, 0.4) is 0 Å². The molecule has 0 unspecified atom stereocenters. The number of nitrogens with zero attached hydrogens (tertiary/aromatic N) is 5. The van der Waals surface area contributed by atoms with E-state index in [2.05, 4.69) is 25.3 Å². The summed E-state index contributed by atoms with van der Waals surface area (Å²) >= 11 is 0. The first-order valence-corrected chi connectivity index (χ1v) is 8.53. The fourth-order valence-electron chi connectivity index (χ4n) is 3.40. The van der Waals surface area contributed by atoms with Crippen LogP contribution in [0, 0.1) is 0 Å². The number of alkyl halides is 3. The van der Waals surface area contributed by atoms with Crippen molar-refractivity contribution in [2.75, 3.05) is 5.73 Å². The molecule has 3 N–H and O–H groups in total. The molecule has 0 saturated carbocycles. The lowest BCUT2D eigenvalue weighted by Gasteiger charge is -2.14. The highest BCUT2D eigenvalue weighted by Crippen LogP contribution is 2.40. The Kier molecular flexibility index (Phi) is 3.57. The maximum atomic E-state index is 13.7. The summed E-state index contributed by atoms with van der Waals surface area (Å²) in [5, 5.41) is 10.5. The van der Waals surface area contributed by atoms with E-state index in [4.69, 9.17) is 5.73 Å². The summed E-state index contributed by atoms with van der Waals surface area (Å²) in [5.41, 5.74) is 7.22. The van der Waals surface area contributed by atoms with Crippen LogP contribution >= 0.6 is 0 Å². The van der Waals surface area contributed by atoms with Gasteiger partial charge in [0, 0.05) is 10.9 Å². The summed E-state index contributed by atoms with van der Waals surface area (Å²) < 4.78 is 42.4. The van der Waals surface area contributed by atoms with Gasteiger partial charge in [-0.3, -0.25) is 5.10 Å². The van der Waals surface area contributed by atoms with Gasteiger partial charge in [-0.25, -0.2) is 9.97 Å². The van der Waals surface area contributed by atoms with Crippen LogP contribution in [-0.4, -0.2) is 29.8 Å². The van der Waals surface area contributed by atoms with Crippen LogP contribution in [0.2, 0.25) is 0 Å². The van der Waals surface area contributed by atoms with Crippen molar-refractivity contribution in [2.45, 2.75) is 6.18 Å². The second-order valence-corrected chi connectivity index (χ2v) is 6.41. The number of nitrogen functional groups attached to an aromatic ring is 1. The molecular formula is C19H12F3N7. The average Bonchev–Trinajstić information content (AvgIpc) is 3.36. The molecule has 0 saturated heterocycles. The van der Waals surface area contributed by atoms with Crippen LogP contribution in [0.25, 0.3) is 38.9 Å². The number of aromatic amines is 1. The molecule has 5 rings (SSSR count). The lowest BCUT2D eigenvalue weighted by molar-refractivity contribution is -0.136. The fourth-order valence-corrected chi connectivity index (χ4v) is 3.40. The van der Waals surface area contributed by atoms with Gasteiger partial charge < -0.3 is 5.73 Å². The zero-order valence-corrected chi connectivity index (χ0v) is 14.6. The Morgan fingerprint density at radius 3 is 2.59 bits per heavy atom. The van der Waals surface area contributed by atoms with Crippen molar-refractivity contribution in [3.63, 3.8) is 0 Å². The molecule has 0 bridgehead atoms. The highest BCUT2D eigenvalue weighted by molar-refractivity contribution is 5.95. The van der Waals surface area contributed by atoms with E-state index in [1.165, 1.54) is 17.0 Å². The van der Waals surface area contributed by atoms with Crippen molar-refractivity contribution in [3.05, 3.63) is 60.6 Å². The predicted molar refractivity (Wildman–Crippen MR) is 101 cm³/mol. The third-order valence-corrected chi connectivity index (χ3v) is 4.64. The normalized spacial score (nSPS) is 12.1. The molecule has 0 fully saturated rings. The Hall–Kier alpha value is -3.95. The molecule has 3 heterocycles. The van der Waals surface area contributed by atoms with Gasteiger partial charge in [-0.1, -0.05) is 30.3 Å². The number of benzene rings is 2. The maximum absolute atomic E-state index is 13.7. The largest absolute Gasteiger partial charge is 0.418 e. The van der Waals surface area contributed by atoms with Gasteiger partial charge in [0.05, 0.1) is 28.5 Å². The molecule has 0 amide bonds. The molecule has 0 aliphatic heterocycles. The molecule has 10 heteroatoms. The first kappa shape index (κ1) is 17.2. The number of hydrogen-bond acceptors (Lipinski definition) is 5. The summed E-state index contributed by atoms with van der Waals surface area (Å²) in [5.74, 6) is 0.0838. The average molecular weight is 395 g/mol. The number of rotatable bonds is 2. The Morgan fingerprint density at radius 1 is 1.03 bits per heavy atom. The highest BCUT2D eigenvalue weighted by atomic mass is 19.4. The van der Waals surface area contributed by atoms with E-state index in [1.807, 2.05) is 18.2 Å². The Bertz CT molecular complexity index is 1350. The molecule has 0 aliphatic carbocycles. The summed E-state index contributed by atoms with van der Waals surface area (Å²) in [6, 6.07) is 11.7. The number of hydrogen-bond donors (Lipinski definition) is 2. The number of H-pyrrole nitrogens is 1. The van der Waals surface area contributed by atoms with Crippen molar-refractivity contribution in [2.24, 2.45) is 0 Å². The van der Waals surface area contributed by atoms with Crippen LogP contribution in [0.1, 0.15) is 5.56 Å². The van der Waals surface area contributed by atoms with E-state index in [0.29, 0.717) is 27.9 Å². The lowest BCUT2D eigenvalue weighted by atomic mass is 9.96. The van der Waals surface area contributed by atoms with E-state index >= 15 is 0 Å². The Balaban J connectivity index is 1.91. The summed E-state index contributed by atoms with van der Waals surface area (Å²) in [4.78, 5) is 8.64. The zero-order valence-electron chi connectivity index (χ0n) is 14.6. The van der Waals surface area contributed by atoms with E-state index in [0.717, 1.165) is 6.07 Å².